The maximum Gasteiger partial charge on any atom is 0.223 e. The second-order valence-corrected chi connectivity index (χ2v) is 3.86. The van der Waals surface area contributed by atoms with Crippen molar-refractivity contribution in [2.75, 3.05) is 0 Å². The van der Waals surface area contributed by atoms with E-state index in [4.69, 9.17) is 0 Å². The molecule has 0 unspecified atom stereocenters. The zero-order chi connectivity index (χ0) is 12.0. The first kappa shape index (κ1) is 12.7. The monoisotopic (exact) mass is 223 g/mol. The minimum Gasteiger partial charge on any atom is -0.352 e. The summed E-state index contributed by atoms with van der Waals surface area (Å²) in [6.07, 6.45) is 1.68. The van der Waals surface area contributed by atoms with Crippen LogP contribution in [-0.2, 0) is 11.3 Å². The van der Waals surface area contributed by atoms with Crippen molar-refractivity contribution in [1.82, 2.24) is 5.32 Å². The summed E-state index contributed by atoms with van der Waals surface area (Å²) >= 11 is 0. The van der Waals surface area contributed by atoms with Crippen LogP contribution in [0.1, 0.15) is 32.3 Å². The standard InChI is InChI=1S/C13H18FNO/c1-3-11(4-2)13(16)15-9-10-6-5-7-12(14)8-10/h5-8,11H,3-4,9H2,1-2H3,(H,15,16). The third kappa shape index (κ3) is 3.65. The lowest BCUT2D eigenvalue weighted by Crippen LogP contribution is -2.29. The molecule has 88 valence electrons. The lowest BCUT2D eigenvalue weighted by molar-refractivity contribution is -0.125. The summed E-state index contributed by atoms with van der Waals surface area (Å²) in [7, 11) is 0. The summed E-state index contributed by atoms with van der Waals surface area (Å²) in [5.74, 6) is -0.155. The van der Waals surface area contributed by atoms with Crippen LogP contribution in [0.4, 0.5) is 4.39 Å². The van der Waals surface area contributed by atoms with Gasteiger partial charge < -0.3 is 5.32 Å². The van der Waals surface area contributed by atoms with Crippen LogP contribution in [-0.4, -0.2) is 5.91 Å². The quantitative estimate of drug-likeness (QED) is 0.817. The van der Waals surface area contributed by atoms with Gasteiger partial charge >= 0.3 is 0 Å². The Morgan fingerprint density at radius 2 is 2.06 bits per heavy atom. The second kappa shape index (κ2) is 6.26. The zero-order valence-corrected chi connectivity index (χ0v) is 9.79. The molecule has 0 fully saturated rings. The van der Waals surface area contributed by atoms with E-state index in [0.717, 1.165) is 18.4 Å². The zero-order valence-electron chi connectivity index (χ0n) is 9.79. The third-order valence-electron chi connectivity index (χ3n) is 2.71. The van der Waals surface area contributed by atoms with Crippen LogP contribution < -0.4 is 5.32 Å². The number of benzene rings is 1. The fourth-order valence-corrected chi connectivity index (χ4v) is 1.64. The lowest BCUT2D eigenvalue weighted by atomic mass is 10.0. The molecular formula is C13H18FNO. The number of halogens is 1. The van der Waals surface area contributed by atoms with Gasteiger partial charge in [0.25, 0.3) is 0 Å². The van der Waals surface area contributed by atoms with E-state index in [-0.39, 0.29) is 17.6 Å². The average Bonchev–Trinajstić information content (AvgIpc) is 2.28. The van der Waals surface area contributed by atoms with Gasteiger partial charge in [-0.15, -0.1) is 0 Å². The Morgan fingerprint density at radius 1 is 1.38 bits per heavy atom. The van der Waals surface area contributed by atoms with Crippen molar-refractivity contribution in [2.24, 2.45) is 5.92 Å². The second-order valence-electron chi connectivity index (χ2n) is 3.86. The number of rotatable bonds is 5. The van der Waals surface area contributed by atoms with Crippen molar-refractivity contribution in [1.29, 1.82) is 0 Å². The summed E-state index contributed by atoms with van der Waals surface area (Å²) in [5.41, 5.74) is 0.791. The van der Waals surface area contributed by atoms with Gasteiger partial charge in [-0.05, 0) is 30.5 Å². The Balaban J connectivity index is 2.48. The van der Waals surface area contributed by atoms with E-state index in [0.29, 0.717) is 6.54 Å². The summed E-state index contributed by atoms with van der Waals surface area (Å²) in [4.78, 5) is 11.7. The van der Waals surface area contributed by atoms with Crippen LogP contribution in [0.25, 0.3) is 0 Å². The highest BCUT2D eigenvalue weighted by atomic mass is 19.1. The van der Waals surface area contributed by atoms with Crippen molar-refractivity contribution in [3.8, 4) is 0 Å². The minimum atomic E-state index is -0.269. The maximum absolute atomic E-state index is 12.9. The Kier molecular flexibility index (Phi) is 4.96. The van der Waals surface area contributed by atoms with E-state index >= 15 is 0 Å². The fourth-order valence-electron chi connectivity index (χ4n) is 1.64. The van der Waals surface area contributed by atoms with E-state index in [2.05, 4.69) is 5.32 Å². The molecule has 0 aliphatic heterocycles. The Bertz CT molecular complexity index is 348. The topological polar surface area (TPSA) is 29.1 Å². The van der Waals surface area contributed by atoms with Crippen molar-refractivity contribution < 1.29 is 9.18 Å². The van der Waals surface area contributed by atoms with Gasteiger partial charge in [-0.1, -0.05) is 26.0 Å². The molecule has 0 radical (unpaired) electrons. The predicted octanol–water partition coefficient (Wildman–Crippen LogP) is 2.88. The van der Waals surface area contributed by atoms with Crippen LogP contribution in [0.2, 0.25) is 0 Å². The molecule has 1 N–H and O–H groups in total. The first-order valence-electron chi connectivity index (χ1n) is 5.69. The SMILES string of the molecule is CCC(CC)C(=O)NCc1cccc(F)c1. The van der Waals surface area contributed by atoms with E-state index in [1.54, 1.807) is 12.1 Å². The van der Waals surface area contributed by atoms with Gasteiger partial charge in [0.2, 0.25) is 5.91 Å². The Morgan fingerprint density at radius 3 is 2.62 bits per heavy atom. The largest absolute Gasteiger partial charge is 0.352 e. The third-order valence-corrected chi connectivity index (χ3v) is 2.71. The molecule has 1 rings (SSSR count). The molecule has 0 bridgehead atoms. The maximum atomic E-state index is 12.9. The molecule has 0 aromatic heterocycles. The molecule has 0 aliphatic rings. The molecule has 1 aromatic carbocycles. The summed E-state index contributed by atoms with van der Waals surface area (Å²) < 4.78 is 12.9. The van der Waals surface area contributed by atoms with Gasteiger partial charge in [-0.2, -0.15) is 0 Å². The van der Waals surface area contributed by atoms with Crippen molar-refractivity contribution in [2.45, 2.75) is 33.2 Å². The smallest absolute Gasteiger partial charge is 0.223 e. The fraction of sp³-hybridized carbons (Fsp3) is 0.462. The van der Waals surface area contributed by atoms with Crippen LogP contribution in [0.5, 0.6) is 0 Å². The van der Waals surface area contributed by atoms with Crippen LogP contribution in [0.15, 0.2) is 24.3 Å². The molecule has 0 saturated carbocycles. The molecule has 0 spiro atoms. The summed E-state index contributed by atoms with van der Waals surface area (Å²) in [6.45, 7) is 4.39. The highest BCUT2D eigenvalue weighted by molar-refractivity contribution is 5.78. The highest BCUT2D eigenvalue weighted by Crippen LogP contribution is 2.08. The number of hydrogen-bond acceptors (Lipinski definition) is 1. The van der Waals surface area contributed by atoms with Gasteiger partial charge in [0.05, 0.1) is 0 Å². The van der Waals surface area contributed by atoms with Crippen LogP contribution in [0.3, 0.4) is 0 Å². The van der Waals surface area contributed by atoms with E-state index < -0.39 is 0 Å². The van der Waals surface area contributed by atoms with E-state index in [9.17, 15) is 9.18 Å². The first-order valence-corrected chi connectivity index (χ1v) is 5.69. The summed E-state index contributed by atoms with van der Waals surface area (Å²) in [6, 6.07) is 6.28. The molecule has 1 amide bonds. The lowest BCUT2D eigenvalue weighted by Gasteiger charge is -2.12. The number of amides is 1. The summed E-state index contributed by atoms with van der Waals surface area (Å²) in [5, 5.41) is 2.82. The molecular weight excluding hydrogens is 205 g/mol. The molecule has 0 heterocycles. The van der Waals surface area contributed by atoms with Gasteiger partial charge in [0.15, 0.2) is 0 Å². The van der Waals surface area contributed by atoms with Crippen molar-refractivity contribution in [3.05, 3.63) is 35.6 Å². The van der Waals surface area contributed by atoms with E-state index in [1.165, 1.54) is 12.1 Å². The van der Waals surface area contributed by atoms with Gasteiger partial charge in [-0.25, -0.2) is 4.39 Å². The number of carbonyl (C=O) groups is 1. The first-order chi connectivity index (χ1) is 7.67. The van der Waals surface area contributed by atoms with Gasteiger partial charge in [0.1, 0.15) is 5.82 Å². The van der Waals surface area contributed by atoms with Gasteiger partial charge in [-0.3, -0.25) is 4.79 Å². The molecule has 0 aliphatic carbocycles. The number of carbonyl (C=O) groups excluding carboxylic acids is 1. The molecule has 16 heavy (non-hydrogen) atoms. The van der Waals surface area contributed by atoms with E-state index in [1.807, 2.05) is 13.8 Å². The van der Waals surface area contributed by atoms with Crippen molar-refractivity contribution in [3.63, 3.8) is 0 Å². The molecule has 0 saturated heterocycles. The van der Waals surface area contributed by atoms with Crippen molar-refractivity contribution >= 4 is 5.91 Å². The normalized spacial score (nSPS) is 10.5. The molecule has 1 aromatic rings. The highest BCUT2D eigenvalue weighted by Gasteiger charge is 2.13. The Labute approximate surface area is 95.9 Å². The minimum absolute atomic E-state index is 0.0502. The van der Waals surface area contributed by atoms with Crippen LogP contribution >= 0.6 is 0 Å². The number of nitrogens with one attached hydrogen (secondary N) is 1. The molecule has 0 atom stereocenters. The average molecular weight is 223 g/mol. The van der Waals surface area contributed by atoms with Gasteiger partial charge in [0, 0.05) is 12.5 Å². The predicted molar refractivity (Wildman–Crippen MR) is 62.3 cm³/mol. The Hall–Kier alpha value is -1.38. The molecule has 3 heteroatoms. The molecule has 2 nitrogen and oxygen atoms in total. The van der Waals surface area contributed by atoms with Crippen LogP contribution in [0, 0.1) is 11.7 Å². The number of hydrogen-bond donors (Lipinski definition) is 1.